The third kappa shape index (κ3) is 6.73. The number of benzene rings is 2. The van der Waals surface area contributed by atoms with Crippen LogP contribution in [0.1, 0.15) is 12.5 Å². The molecule has 7 heteroatoms. The van der Waals surface area contributed by atoms with E-state index in [1.807, 2.05) is 38.4 Å². The predicted octanol–water partition coefficient (Wildman–Crippen LogP) is 3.24. The Bertz CT molecular complexity index is 1030. The van der Waals surface area contributed by atoms with E-state index in [2.05, 4.69) is 44.7 Å². The molecule has 184 valence electrons. The molecule has 0 saturated carbocycles. The number of nitrogens with zero attached hydrogens (tertiary/aromatic N) is 3. The first kappa shape index (κ1) is 24.5. The molecule has 1 fully saturated rings. The zero-order chi connectivity index (χ0) is 23.8. The summed E-state index contributed by atoms with van der Waals surface area (Å²) in [6, 6.07) is 16.5. The fourth-order valence-electron chi connectivity index (χ4n) is 4.47. The van der Waals surface area contributed by atoms with Gasteiger partial charge >= 0.3 is 0 Å². The number of ether oxygens (including phenoxy) is 3. The summed E-state index contributed by atoms with van der Waals surface area (Å²) in [7, 11) is 2.03. The number of aliphatic hydroxyl groups is 1. The van der Waals surface area contributed by atoms with Crippen LogP contribution in [0.5, 0.6) is 11.5 Å². The van der Waals surface area contributed by atoms with Gasteiger partial charge < -0.3 is 23.9 Å². The Morgan fingerprint density at radius 1 is 1.06 bits per heavy atom. The van der Waals surface area contributed by atoms with Crippen LogP contribution in [0.15, 0.2) is 54.7 Å². The van der Waals surface area contributed by atoms with Crippen LogP contribution in [-0.4, -0.2) is 85.2 Å². The van der Waals surface area contributed by atoms with Crippen LogP contribution in [0.4, 0.5) is 0 Å². The van der Waals surface area contributed by atoms with Crippen molar-refractivity contribution in [1.82, 2.24) is 14.4 Å². The van der Waals surface area contributed by atoms with Gasteiger partial charge in [-0.2, -0.15) is 0 Å². The van der Waals surface area contributed by atoms with E-state index >= 15 is 0 Å². The van der Waals surface area contributed by atoms with E-state index in [-0.39, 0.29) is 0 Å². The molecule has 4 rings (SSSR count). The first-order valence-electron chi connectivity index (χ1n) is 12.2. The fourth-order valence-corrected chi connectivity index (χ4v) is 4.47. The standard InChI is InChI=1S/C27H37N3O4/c1-3-33-27-18-22(8-9-26(27)34-17-14-29-12-15-32-16-13-29)19-28(2)20-24(31)21-30-11-10-23-6-4-5-7-25(23)30/h4-11,18,24,31H,3,12-17,19-21H2,1-2H3. The lowest BCUT2D eigenvalue weighted by Crippen LogP contribution is -2.38. The van der Waals surface area contributed by atoms with Crippen molar-refractivity contribution in [2.45, 2.75) is 26.1 Å². The molecule has 1 atom stereocenters. The monoisotopic (exact) mass is 467 g/mol. The highest BCUT2D eigenvalue weighted by atomic mass is 16.5. The second-order valence-electron chi connectivity index (χ2n) is 8.89. The number of para-hydroxylation sites is 1. The normalized spacial score (nSPS) is 15.6. The average molecular weight is 468 g/mol. The summed E-state index contributed by atoms with van der Waals surface area (Å²) in [6.07, 6.45) is 1.58. The maximum atomic E-state index is 10.7. The van der Waals surface area contributed by atoms with Crippen LogP contribution in [0.25, 0.3) is 10.9 Å². The predicted molar refractivity (Wildman–Crippen MR) is 135 cm³/mol. The number of aromatic nitrogens is 1. The van der Waals surface area contributed by atoms with Crippen molar-refractivity contribution in [3.05, 3.63) is 60.3 Å². The molecule has 1 N–H and O–H groups in total. The number of rotatable bonds is 12. The summed E-state index contributed by atoms with van der Waals surface area (Å²) in [5.41, 5.74) is 2.28. The third-order valence-electron chi connectivity index (χ3n) is 6.14. The number of fused-ring (bicyclic) bond motifs is 1. The van der Waals surface area contributed by atoms with Gasteiger partial charge in [-0.1, -0.05) is 24.3 Å². The van der Waals surface area contributed by atoms with E-state index in [0.29, 0.717) is 26.3 Å². The molecular formula is C27H37N3O4. The minimum absolute atomic E-state index is 0.463. The molecule has 1 aliphatic rings. The Balaban J connectivity index is 1.29. The van der Waals surface area contributed by atoms with Crippen LogP contribution in [0, 0.1) is 0 Å². The minimum Gasteiger partial charge on any atom is -0.490 e. The Morgan fingerprint density at radius 3 is 2.71 bits per heavy atom. The number of likely N-dealkylation sites (N-methyl/N-ethyl adjacent to an activating group) is 1. The van der Waals surface area contributed by atoms with E-state index < -0.39 is 6.10 Å². The zero-order valence-electron chi connectivity index (χ0n) is 20.4. The van der Waals surface area contributed by atoms with Crippen LogP contribution in [0.3, 0.4) is 0 Å². The van der Waals surface area contributed by atoms with Crippen molar-refractivity contribution in [3.8, 4) is 11.5 Å². The van der Waals surface area contributed by atoms with E-state index in [0.717, 1.165) is 62.0 Å². The first-order valence-corrected chi connectivity index (χ1v) is 12.2. The summed E-state index contributed by atoms with van der Waals surface area (Å²) < 4.78 is 19.4. The molecule has 2 heterocycles. The Morgan fingerprint density at radius 2 is 1.88 bits per heavy atom. The molecule has 0 aliphatic carbocycles. The molecule has 2 aromatic carbocycles. The van der Waals surface area contributed by atoms with E-state index in [1.165, 1.54) is 5.39 Å². The highest BCUT2D eigenvalue weighted by molar-refractivity contribution is 5.79. The second-order valence-corrected chi connectivity index (χ2v) is 8.89. The maximum Gasteiger partial charge on any atom is 0.161 e. The third-order valence-corrected chi connectivity index (χ3v) is 6.14. The summed E-state index contributed by atoms with van der Waals surface area (Å²) in [4.78, 5) is 4.50. The van der Waals surface area contributed by atoms with Crippen LogP contribution >= 0.6 is 0 Å². The van der Waals surface area contributed by atoms with Gasteiger partial charge in [0.2, 0.25) is 0 Å². The van der Waals surface area contributed by atoms with Crippen molar-refractivity contribution < 1.29 is 19.3 Å². The molecule has 0 spiro atoms. The summed E-state index contributed by atoms with van der Waals surface area (Å²) in [5, 5.41) is 11.9. The number of hydrogen-bond donors (Lipinski definition) is 1. The van der Waals surface area contributed by atoms with Gasteiger partial charge in [0.1, 0.15) is 6.61 Å². The molecule has 1 saturated heterocycles. The van der Waals surface area contributed by atoms with Crippen molar-refractivity contribution in [2.75, 3.05) is 59.7 Å². The summed E-state index contributed by atoms with van der Waals surface area (Å²) in [5.74, 6) is 1.55. The summed E-state index contributed by atoms with van der Waals surface area (Å²) >= 11 is 0. The van der Waals surface area contributed by atoms with Gasteiger partial charge in [-0.15, -0.1) is 0 Å². The molecular weight excluding hydrogens is 430 g/mol. The molecule has 0 radical (unpaired) electrons. The smallest absolute Gasteiger partial charge is 0.161 e. The van der Waals surface area contributed by atoms with Crippen molar-refractivity contribution in [2.24, 2.45) is 0 Å². The summed E-state index contributed by atoms with van der Waals surface area (Å²) in [6.45, 7) is 9.45. The van der Waals surface area contributed by atoms with Gasteiger partial charge in [0.05, 0.1) is 25.9 Å². The van der Waals surface area contributed by atoms with Gasteiger partial charge in [-0.25, -0.2) is 0 Å². The Labute approximate surface area is 202 Å². The molecule has 0 amide bonds. The van der Waals surface area contributed by atoms with Gasteiger partial charge in [-0.3, -0.25) is 9.80 Å². The highest BCUT2D eigenvalue weighted by Crippen LogP contribution is 2.29. The minimum atomic E-state index is -0.463. The topological polar surface area (TPSA) is 59.3 Å². The van der Waals surface area contributed by atoms with Crippen molar-refractivity contribution >= 4 is 10.9 Å². The fraction of sp³-hybridized carbons (Fsp3) is 0.481. The van der Waals surface area contributed by atoms with Gasteiger partial charge in [0.25, 0.3) is 0 Å². The Hall–Kier alpha value is -2.58. The molecule has 1 aliphatic heterocycles. The first-order chi connectivity index (χ1) is 16.6. The second kappa shape index (κ2) is 12.2. The van der Waals surface area contributed by atoms with Gasteiger partial charge in [0.15, 0.2) is 11.5 Å². The SMILES string of the molecule is CCOc1cc(CN(C)CC(O)Cn2ccc3ccccc32)ccc1OCCN1CCOCC1. The lowest BCUT2D eigenvalue weighted by molar-refractivity contribution is 0.0320. The largest absolute Gasteiger partial charge is 0.490 e. The Kier molecular flexibility index (Phi) is 8.82. The molecule has 0 bridgehead atoms. The number of aliphatic hydroxyl groups excluding tert-OH is 1. The van der Waals surface area contributed by atoms with E-state index in [9.17, 15) is 5.11 Å². The lowest BCUT2D eigenvalue weighted by Gasteiger charge is -2.26. The maximum absolute atomic E-state index is 10.7. The number of hydrogen-bond acceptors (Lipinski definition) is 6. The van der Waals surface area contributed by atoms with Gasteiger partial charge in [-0.05, 0) is 49.2 Å². The lowest BCUT2D eigenvalue weighted by atomic mass is 10.2. The number of morpholine rings is 1. The van der Waals surface area contributed by atoms with Crippen LogP contribution in [0.2, 0.25) is 0 Å². The quantitative estimate of drug-likeness (QED) is 0.441. The molecule has 34 heavy (non-hydrogen) atoms. The highest BCUT2D eigenvalue weighted by Gasteiger charge is 2.14. The molecule has 1 aromatic heterocycles. The average Bonchev–Trinajstić information content (AvgIpc) is 3.24. The van der Waals surface area contributed by atoms with Crippen LogP contribution < -0.4 is 9.47 Å². The molecule has 7 nitrogen and oxygen atoms in total. The van der Waals surface area contributed by atoms with Crippen molar-refractivity contribution in [1.29, 1.82) is 0 Å². The van der Waals surface area contributed by atoms with E-state index in [1.54, 1.807) is 0 Å². The van der Waals surface area contributed by atoms with Crippen LogP contribution in [-0.2, 0) is 17.8 Å². The molecule has 1 unspecified atom stereocenters. The zero-order valence-corrected chi connectivity index (χ0v) is 20.4. The van der Waals surface area contributed by atoms with E-state index in [4.69, 9.17) is 14.2 Å². The van der Waals surface area contributed by atoms with Gasteiger partial charge in [0, 0.05) is 51.0 Å². The molecule has 3 aromatic rings. The van der Waals surface area contributed by atoms with Crippen molar-refractivity contribution in [3.63, 3.8) is 0 Å².